The summed E-state index contributed by atoms with van der Waals surface area (Å²) >= 11 is 0. The van der Waals surface area contributed by atoms with E-state index in [2.05, 4.69) is 20.4 Å². The molecule has 0 radical (unpaired) electrons. The number of carbonyl (C=O) groups excluding carboxylic acids is 1. The predicted octanol–water partition coefficient (Wildman–Crippen LogP) is 3.60. The molecule has 6 fully saturated rings. The van der Waals surface area contributed by atoms with Crippen LogP contribution in [0.1, 0.15) is 72.6 Å². The van der Waals surface area contributed by atoms with E-state index in [0.717, 1.165) is 44.3 Å². The highest BCUT2D eigenvalue weighted by atomic mass is 16.8. The summed E-state index contributed by atoms with van der Waals surface area (Å²) in [4.78, 5) is 14.4. The first-order valence-electron chi connectivity index (χ1n) is 14.5. The number of ketones is 1. The minimum atomic E-state index is -1.49. The third-order valence-corrected chi connectivity index (χ3v) is 11.1. The Morgan fingerprint density at radius 1 is 1.13 bits per heavy atom. The Morgan fingerprint density at radius 3 is 2.68 bits per heavy atom. The molecule has 0 unspecified atom stereocenters. The van der Waals surface area contributed by atoms with Gasteiger partial charge in [-0.05, 0) is 74.9 Å². The summed E-state index contributed by atoms with van der Waals surface area (Å²) in [6.45, 7) is 13.4. The molecule has 0 aromatic rings. The number of hydrogen-bond donors (Lipinski definition) is 2. The van der Waals surface area contributed by atoms with Crippen molar-refractivity contribution in [2.24, 2.45) is 34.0 Å². The number of rotatable bonds is 5. The van der Waals surface area contributed by atoms with Gasteiger partial charge in [0.1, 0.15) is 17.3 Å². The molecule has 3 saturated carbocycles. The zero-order valence-corrected chi connectivity index (χ0v) is 23.1. The molecular formula is C30H42O8. The minimum Gasteiger partial charge on any atom is -0.469 e. The van der Waals surface area contributed by atoms with Crippen LogP contribution in [0, 0.1) is 34.0 Å². The third-order valence-electron chi connectivity index (χ3n) is 11.1. The van der Waals surface area contributed by atoms with Crippen molar-refractivity contribution < 1.29 is 38.7 Å². The van der Waals surface area contributed by atoms with Crippen LogP contribution >= 0.6 is 0 Å². The van der Waals surface area contributed by atoms with E-state index < -0.39 is 40.9 Å². The van der Waals surface area contributed by atoms with E-state index >= 15 is 0 Å². The molecule has 8 aliphatic rings. The van der Waals surface area contributed by atoms with Crippen molar-refractivity contribution in [1.29, 1.82) is 0 Å². The van der Waals surface area contributed by atoms with Crippen molar-refractivity contribution in [3.8, 4) is 0 Å². The fourth-order valence-corrected chi connectivity index (χ4v) is 10.2. The summed E-state index contributed by atoms with van der Waals surface area (Å²) in [6.07, 6.45) is 3.60. The zero-order valence-electron chi connectivity index (χ0n) is 23.1. The van der Waals surface area contributed by atoms with E-state index in [1.807, 2.05) is 13.8 Å². The lowest BCUT2D eigenvalue weighted by Gasteiger charge is -2.77. The fourth-order valence-electron chi connectivity index (χ4n) is 10.2. The van der Waals surface area contributed by atoms with E-state index in [4.69, 9.17) is 28.8 Å². The molecule has 3 saturated heterocycles. The molecule has 8 rings (SSSR count). The molecule has 2 N–H and O–H groups in total. The number of ether oxygens (including phenoxy) is 5. The van der Waals surface area contributed by atoms with Gasteiger partial charge in [-0.25, -0.2) is 0 Å². The van der Waals surface area contributed by atoms with Gasteiger partial charge < -0.3 is 33.9 Å². The van der Waals surface area contributed by atoms with Gasteiger partial charge in [-0.15, -0.1) is 0 Å². The summed E-state index contributed by atoms with van der Waals surface area (Å²) in [5, 5.41) is 21.6. The fraction of sp³-hybridized carbons (Fsp3) is 0.833. The second-order valence-corrected chi connectivity index (χ2v) is 13.9. The molecule has 4 bridgehead atoms. The zero-order chi connectivity index (χ0) is 26.9. The molecule has 8 nitrogen and oxygen atoms in total. The van der Waals surface area contributed by atoms with Gasteiger partial charge in [0.15, 0.2) is 17.9 Å². The van der Waals surface area contributed by atoms with Crippen LogP contribution in [0.3, 0.4) is 0 Å². The first-order valence-corrected chi connectivity index (χ1v) is 14.5. The minimum absolute atomic E-state index is 0.0692. The second-order valence-electron chi connectivity index (χ2n) is 13.9. The lowest BCUT2D eigenvalue weighted by Crippen LogP contribution is -2.87. The summed E-state index contributed by atoms with van der Waals surface area (Å²) in [5.41, 5.74) is -0.285. The van der Waals surface area contributed by atoms with Crippen LogP contribution in [0.15, 0.2) is 23.5 Å². The van der Waals surface area contributed by atoms with Crippen molar-refractivity contribution in [3.63, 3.8) is 0 Å². The quantitative estimate of drug-likeness (QED) is 0.411. The number of Topliss-reactive ketones (excluding diaryl/α,β-unsaturated/α-hetero) is 1. The predicted molar refractivity (Wildman–Crippen MR) is 135 cm³/mol. The second kappa shape index (κ2) is 7.92. The first kappa shape index (κ1) is 25.7. The Bertz CT molecular complexity index is 1110. The Balaban J connectivity index is 1.39. The van der Waals surface area contributed by atoms with Crippen molar-refractivity contribution in [3.05, 3.63) is 23.5 Å². The highest BCUT2D eigenvalue weighted by Crippen LogP contribution is 2.80. The van der Waals surface area contributed by atoms with E-state index in [-0.39, 0.29) is 35.6 Å². The summed E-state index contributed by atoms with van der Waals surface area (Å²) in [6, 6.07) is 0. The van der Waals surface area contributed by atoms with E-state index in [1.54, 1.807) is 0 Å². The molecule has 0 amide bonds. The molecule has 4 aliphatic carbocycles. The summed E-state index contributed by atoms with van der Waals surface area (Å²) in [7, 11) is 0. The first-order chi connectivity index (χ1) is 18.0. The molecule has 4 heterocycles. The SMILES string of the molecule is C=C1C(=O)[C@@]23[C@@H]4OC(C)(C)O[C@]25OC[C@]2(C6=C(CC[C@H](OCCCCO)O6)CC(C)(C)[C@H]2[C@@H]5O)[C@@H]3CC[C@@H]14. The lowest BCUT2D eigenvalue weighted by atomic mass is 9.36. The number of fused-ring (bicyclic) bond motifs is 1. The smallest absolute Gasteiger partial charge is 0.213 e. The maximum absolute atomic E-state index is 14.4. The highest BCUT2D eigenvalue weighted by molar-refractivity contribution is 6.05. The Hall–Kier alpha value is -1.29. The van der Waals surface area contributed by atoms with Crippen molar-refractivity contribution in [1.82, 2.24) is 0 Å². The summed E-state index contributed by atoms with van der Waals surface area (Å²) in [5.74, 6) is -2.20. The topological polar surface area (TPSA) is 104 Å². The normalized spacial score (nSPS) is 49.3. The molecule has 9 atom stereocenters. The Labute approximate surface area is 224 Å². The van der Waals surface area contributed by atoms with E-state index in [0.29, 0.717) is 25.2 Å². The van der Waals surface area contributed by atoms with Crippen LogP contribution in [0.25, 0.3) is 0 Å². The van der Waals surface area contributed by atoms with Gasteiger partial charge in [-0.1, -0.05) is 20.4 Å². The molecule has 0 aromatic heterocycles. The van der Waals surface area contributed by atoms with Gasteiger partial charge in [-0.2, -0.15) is 0 Å². The highest BCUT2D eigenvalue weighted by Gasteiger charge is 2.90. The number of hydrogen-bond acceptors (Lipinski definition) is 8. The number of aliphatic hydroxyl groups excluding tert-OH is 2. The van der Waals surface area contributed by atoms with Crippen molar-refractivity contribution in [2.45, 2.75) is 103 Å². The number of allylic oxidation sites excluding steroid dienone is 1. The summed E-state index contributed by atoms with van der Waals surface area (Å²) < 4.78 is 32.9. The number of carbonyl (C=O) groups is 1. The maximum atomic E-state index is 14.4. The molecule has 38 heavy (non-hydrogen) atoms. The Kier molecular flexibility index (Phi) is 5.35. The molecule has 4 aliphatic heterocycles. The molecule has 0 aromatic carbocycles. The van der Waals surface area contributed by atoms with Crippen LogP contribution < -0.4 is 0 Å². The average Bonchev–Trinajstić information content (AvgIpc) is 2.97. The van der Waals surface area contributed by atoms with Crippen molar-refractivity contribution in [2.75, 3.05) is 19.8 Å². The van der Waals surface area contributed by atoms with Gasteiger partial charge in [0.25, 0.3) is 0 Å². The third kappa shape index (κ3) is 2.80. The van der Waals surface area contributed by atoms with Gasteiger partial charge in [-0.3, -0.25) is 4.79 Å². The largest absolute Gasteiger partial charge is 0.469 e. The van der Waals surface area contributed by atoms with Crippen LogP contribution in [0.5, 0.6) is 0 Å². The molecule has 3 spiro atoms. The average molecular weight is 531 g/mol. The van der Waals surface area contributed by atoms with Gasteiger partial charge in [0, 0.05) is 24.9 Å². The van der Waals surface area contributed by atoms with E-state index in [9.17, 15) is 9.90 Å². The molecule has 210 valence electrons. The van der Waals surface area contributed by atoms with Crippen molar-refractivity contribution >= 4 is 5.78 Å². The van der Waals surface area contributed by atoms with Gasteiger partial charge in [0.2, 0.25) is 5.79 Å². The Morgan fingerprint density at radius 2 is 1.92 bits per heavy atom. The van der Waals surface area contributed by atoms with E-state index in [1.165, 1.54) is 5.57 Å². The van der Waals surface area contributed by atoms with Crippen LogP contribution in [0.4, 0.5) is 0 Å². The monoisotopic (exact) mass is 530 g/mol. The van der Waals surface area contributed by atoms with Gasteiger partial charge >= 0.3 is 0 Å². The molecule has 8 heteroatoms. The molecular weight excluding hydrogens is 488 g/mol. The van der Waals surface area contributed by atoms with Crippen LogP contribution in [0.2, 0.25) is 0 Å². The maximum Gasteiger partial charge on any atom is 0.213 e. The van der Waals surface area contributed by atoms with Gasteiger partial charge in [0.05, 0.1) is 24.7 Å². The number of unbranched alkanes of at least 4 members (excludes halogenated alkanes) is 1. The number of aliphatic hydroxyl groups is 2. The van der Waals surface area contributed by atoms with Crippen LogP contribution in [-0.4, -0.2) is 65.9 Å². The van der Waals surface area contributed by atoms with Crippen LogP contribution in [-0.2, 0) is 28.5 Å². The lowest BCUT2D eigenvalue weighted by molar-refractivity contribution is -0.527. The standard InChI is InChI=1S/C30H42O8/c1-16-18-9-10-19-28-15-35-30(29(19,22(16)32)25(18)37-27(4,5)38-30)23(33)21(28)26(2,3)14-17-8-11-20(36-24(17)28)34-13-7-6-12-31/h18-21,23,25,31,33H,1,6-15H2,2-5H3/t18-,19-,20+,21+,23-,25+,28-,29-,30-/m0/s1.